The van der Waals surface area contributed by atoms with Crippen LogP contribution in [0.15, 0.2) is 54.2 Å². The third kappa shape index (κ3) is 4.26. The SMILES string of the molecule is C=CCn1c(SCC(=O)Nc2cc(OC)c(Cl)cc2OC)nc2ccccc21. The molecule has 1 aromatic heterocycles. The maximum absolute atomic E-state index is 12.5. The first-order valence-electron chi connectivity index (χ1n) is 8.47. The maximum Gasteiger partial charge on any atom is 0.234 e. The van der Waals surface area contributed by atoms with Gasteiger partial charge in [-0.1, -0.05) is 41.6 Å². The summed E-state index contributed by atoms with van der Waals surface area (Å²) in [5.74, 6) is 0.917. The number of carbonyl (C=O) groups is 1. The number of para-hydroxylation sites is 2. The summed E-state index contributed by atoms with van der Waals surface area (Å²) in [6.45, 7) is 4.42. The topological polar surface area (TPSA) is 65.4 Å². The van der Waals surface area contributed by atoms with Crippen molar-refractivity contribution in [1.82, 2.24) is 9.55 Å². The lowest BCUT2D eigenvalue weighted by Gasteiger charge is -2.13. The fourth-order valence-electron chi connectivity index (χ4n) is 2.74. The molecule has 8 heteroatoms. The van der Waals surface area contributed by atoms with Crippen LogP contribution in [0.2, 0.25) is 5.02 Å². The Morgan fingerprint density at radius 1 is 1.29 bits per heavy atom. The highest BCUT2D eigenvalue weighted by atomic mass is 35.5. The first-order chi connectivity index (χ1) is 13.6. The van der Waals surface area contributed by atoms with Crippen LogP contribution in [0.4, 0.5) is 5.69 Å². The van der Waals surface area contributed by atoms with Crippen molar-refractivity contribution in [2.45, 2.75) is 11.7 Å². The van der Waals surface area contributed by atoms with Crippen LogP contribution < -0.4 is 14.8 Å². The lowest BCUT2D eigenvalue weighted by atomic mass is 10.2. The quantitative estimate of drug-likeness (QED) is 0.427. The molecule has 3 rings (SSSR count). The number of ether oxygens (including phenoxy) is 2. The van der Waals surface area contributed by atoms with Crippen molar-refractivity contribution in [1.29, 1.82) is 0 Å². The Kier molecular flexibility index (Phi) is 6.49. The van der Waals surface area contributed by atoms with Crippen molar-refractivity contribution in [3.05, 3.63) is 54.1 Å². The highest BCUT2D eigenvalue weighted by Gasteiger charge is 2.15. The van der Waals surface area contributed by atoms with E-state index >= 15 is 0 Å². The number of imidazole rings is 1. The number of aromatic nitrogens is 2. The molecule has 1 heterocycles. The van der Waals surface area contributed by atoms with Gasteiger partial charge in [-0.2, -0.15) is 0 Å². The molecule has 1 N–H and O–H groups in total. The third-order valence-electron chi connectivity index (χ3n) is 4.01. The zero-order valence-corrected chi connectivity index (χ0v) is 17.1. The molecule has 0 aliphatic carbocycles. The molecule has 1 amide bonds. The van der Waals surface area contributed by atoms with E-state index in [1.165, 1.54) is 26.0 Å². The van der Waals surface area contributed by atoms with Crippen molar-refractivity contribution in [3.8, 4) is 11.5 Å². The van der Waals surface area contributed by atoms with Gasteiger partial charge >= 0.3 is 0 Å². The number of amides is 1. The van der Waals surface area contributed by atoms with E-state index in [1.807, 2.05) is 34.9 Å². The van der Waals surface area contributed by atoms with Gasteiger partial charge in [0.15, 0.2) is 5.16 Å². The highest BCUT2D eigenvalue weighted by molar-refractivity contribution is 7.99. The number of thioether (sulfide) groups is 1. The van der Waals surface area contributed by atoms with Crippen LogP contribution in [0.3, 0.4) is 0 Å². The van der Waals surface area contributed by atoms with E-state index in [2.05, 4.69) is 16.9 Å². The van der Waals surface area contributed by atoms with Crippen LogP contribution in [0.1, 0.15) is 0 Å². The van der Waals surface area contributed by atoms with Crippen LogP contribution in [-0.4, -0.2) is 35.4 Å². The number of hydrogen-bond acceptors (Lipinski definition) is 5. The second-order valence-corrected chi connectivity index (χ2v) is 7.16. The Hall–Kier alpha value is -2.64. The largest absolute Gasteiger partial charge is 0.495 e. The van der Waals surface area contributed by atoms with Crippen LogP contribution in [0, 0.1) is 0 Å². The van der Waals surface area contributed by atoms with Crippen LogP contribution in [0.5, 0.6) is 11.5 Å². The first-order valence-corrected chi connectivity index (χ1v) is 9.84. The summed E-state index contributed by atoms with van der Waals surface area (Å²) in [5.41, 5.74) is 2.39. The average molecular weight is 418 g/mol. The molecule has 0 radical (unpaired) electrons. The molecule has 0 saturated heterocycles. The number of methoxy groups -OCH3 is 2. The lowest BCUT2D eigenvalue weighted by Crippen LogP contribution is -2.15. The Morgan fingerprint density at radius 3 is 2.75 bits per heavy atom. The number of anilines is 1. The number of nitrogens with zero attached hydrogens (tertiary/aromatic N) is 2. The normalized spacial score (nSPS) is 10.7. The second kappa shape index (κ2) is 9.03. The number of nitrogens with one attached hydrogen (secondary N) is 1. The van der Waals surface area contributed by atoms with Gasteiger partial charge in [-0.05, 0) is 12.1 Å². The number of benzene rings is 2. The summed E-state index contributed by atoms with van der Waals surface area (Å²) >= 11 is 7.46. The van der Waals surface area contributed by atoms with Crippen molar-refractivity contribution in [3.63, 3.8) is 0 Å². The molecule has 0 spiro atoms. The molecule has 0 aliphatic rings. The minimum absolute atomic E-state index is 0.189. The predicted molar refractivity (Wildman–Crippen MR) is 114 cm³/mol. The Labute approximate surface area is 172 Å². The van der Waals surface area contributed by atoms with E-state index in [0.717, 1.165) is 16.2 Å². The van der Waals surface area contributed by atoms with Gasteiger partial charge in [-0.3, -0.25) is 4.79 Å². The number of hydrogen-bond donors (Lipinski definition) is 1. The van der Waals surface area contributed by atoms with Crippen LogP contribution in [-0.2, 0) is 11.3 Å². The number of rotatable bonds is 8. The molecular formula is C20H20ClN3O3S. The Morgan fingerprint density at radius 2 is 2.04 bits per heavy atom. The first kappa shape index (κ1) is 20.1. The summed E-state index contributed by atoms with van der Waals surface area (Å²) in [6, 6.07) is 11.1. The lowest BCUT2D eigenvalue weighted by molar-refractivity contribution is -0.113. The minimum atomic E-state index is -0.190. The molecule has 28 heavy (non-hydrogen) atoms. The Balaban J connectivity index is 1.76. The molecule has 0 saturated carbocycles. The summed E-state index contributed by atoms with van der Waals surface area (Å²) < 4.78 is 12.5. The van der Waals surface area contributed by atoms with Gasteiger partial charge in [0.05, 0.1) is 41.7 Å². The summed E-state index contributed by atoms with van der Waals surface area (Å²) in [5, 5.41) is 4.01. The summed E-state index contributed by atoms with van der Waals surface area (Å²) in [7, 11) is 3.03. The van der Waals surface area contributed by atoms with E-state index in [-0.39, 0.29) is 11.7 Å². The molecule has 6 nitrogen and oxygen atoms in total. The summed E-state index contributed by atoms with van der Waals surface area (Å²) in [6.07, 6.45) is 1.81. The number of halogens is 1. The zero-order valence-electron chi connectivity index (χ0n) is 15.6. The van der Waals surface area contributed by atoms with Gasteiger partial charge in [0.25, 0.3) is 0 Å². The monoisotopic (exact) mass is 417 g/mol. The molecule has 2 aromatic carbocycles. The molecule has 3 aromatic rings. The van der Waals surface area contributed by atoms with Crippen molar-refractivity contribution < 1.29 is 14.3 Å². The molecule has 0 bridgehead atoms. The van der Waals surface area contributed by atoms with Gasteiger partial charge in [0, 0.05) is 18.7 Å². The second-order valence-electron chi connectivity index (χ2n) is 5.81. The van der Waals surface area contributed by atoms with Gasteiger partial charge < -0.3 is 19.4 Å². The molecular weight excluding hydrogens is 398 g/mol. The average Bonchev–Trinajstić information content (AvgIpc) is 3.05. The Bertz CT molecular complexity index is 1020. The van der Waals surface area contributed by atoms with Gasteiger partial charge in [-0.25, -0.2) is 4.98 Å². The van der Waals surface area contributed by atoms with E-state index in [1.54, 1.807) is 12.1 Å². The predicted octanol–water partition coefficient (Wildman–Crippen LogP) is 4.62. The van der Waals surface area contributed by atoms with Crippen molar-refractivity contribution in [2.24, 2.45) is 0 Å². The fourth-order valence-corrected chi connectivity index (χ4v) is 3.80. The van der Waals surface area contributed by atoms with Crippen molar-refractivity contribution in [2.75, 3.05) is 25.3 Å². The molecule has 146 valence electrons. The smallest absolute Gasteiger partial charge is 0.234 e. The summed E-state index contributed by atoms with van der Waals surface area (Å²) in [4.78, 5) is 17.1. The van der Waals surface area contributed by atoms with E-state index in [9.17, 15) is 4.79 Å². The van der Waals surface area contributed by atoms with E-state index in [4.69, 9.17) is 21.1 Å². The van der Waals surface area contributed by atoms with Crippen LogP contribution in [0.25, 0.3) is 11.0 Å². The standard InChI is InChI=1S/C20H20ClN3O3S/c1-4-9-24-16-8-6-5-7-14(16)23-20(24)28-12-19(25)22-15-11-17(26-2)13(21)10-18(15)27-3/h4-8,10-11H,1,9,12H2,2-3H3,(H,22,25). The van der Waals surface area contributed by atoms with E-state index in [0.29, 0.717) is 28.8 Å². The fraction of sp³-hybridized carbons (Fsp3) is 0.200. The molecule has 0 aliphatic heterocycles. The zero-order chi connectivity index (χ0) is 20.1. The van der Waals surface area contributed by atoms with Gasteiger partial charge in [0.2, 0.25) is 5.91 Å². The van der Waals surface area contributed by atoms with Crippen LogP contribution >= 0.6 is 23.4 Å². The molecule has 0 unspecified atom stereocenters. The minimum Gasteiger partial charge on any atom is -0.495 e. The maximum atomic E-state index is 12.5. The van der Waals surface area contributed by atoms with E-state index < -0.39 is 0 Å². The number of allylic oxidation sites excluding steroid dienone is 1. The molecule has 0 fully saturated rings. The van der Waals surface area contributed by atoms with Crippen molar-refractivity contribution >= 4 is 46.0 Å². The highest BCUT2D eigenvalue weighted by Crippen LogP contribution is 2.36. The van der Waals surface area contributed by atoms with Gasteiger partial charge in [0.1, 0.15) is 11.5 Å². The third-order valence-corrected chi connectivity index (χ3v) is 5.28. The molecule has 0 atom stereocenters. The van der Waals surface area contributed by atoms with Gasteiger partial charge in [-0.15, -0.1) is 6.58 Å². The number of carbonyl (C=O) groups excluding carboxylic acids is 1. The number of fused-ring (bicyclic) bond motifs is 1.